The molecule has 1 aliphatic carbocycles. The minimum Gasteiger partial charge on any atom is -0.480 e. The minimum absolute atomic E-state index is 0.505. The number of carboxylic acid groups (broad SMARTS) is 2. The van der Waals surface area contributed by atoms with Crippen LogP contribution in [0.15, 0.2) is 0 Å². The van der Waals surface area contributed by atoms with Gasteiger partial charge in [0.2, 0.25) is 0 Å². The summed E-state index contributed by atoms with van der Waals surface area (Å²) in [6.45, 7) is -1.41. The highest BCUT2D eigenvalue weighted by Gasteiger charge is 2.16. The predicted octanol–water partition coefficient (Wildman–Crippen LogP) is 0.0967. The first-order valence-corrected chi connectivity index (χ1v) is 4.91. The van der Waals surface area contributed by atoms with E-state index in [-0.39, 0.29) is 0 Å². The Labute approximate surface area is 92.8 Å². The molecule has 1 rings (SSSR count). The van der Waals surface area contributed by atoms with Crippen molar-refractivity contribution >= 4 is 18.0 Å². The van der Waals surface area contributed by atoms with Crippen LogP contribution in [0.5, 0.6) is 0 Å². The third-order valence-corrected chi connectivity index (χ3v) is 1.96. The molecule has 0 bridgehead atoms. The first-order chi connectivity index (χ1) is 7.43. The van der Waals surface area contributed by atoms with Crippen molar-refractivity contribution in [1.82, 2.24) is 4.90 Å². The molecule has 0 aromatic carbocycles. The molecule has 1 saturated carbocycles. The fourth-order valence-corrected chi connectivity index (χ4v) is 0.788. The average Bonchev–Trinajstić information content (AvgIpc) is 1.97. The van der Waals surface area contributed by atoms with Gasteiger partial charge in [-0.25, -0.2) is 4.79 Å². The summed E-state index contributed by atoms with van der Waals surface area (Å²) in [4.78, 5) is 31.0. The molecule has 2 amide bonds. The maximum Gasteiger partial charge on any atom is 0.323 e. The summed E-state index contributed by atoms with van der Waals surface area (Å²) in [7, 11) is 0. The van der Waals surface area contributed by atoms with Gasteiger partial charge in [0, 0.05) is 0 Å². The van der Waals surface area contributed by atoms with Gasteiger partial charge in [0.15, 0.2) is 0 Å². The SMILES string of the molecule is C1CCC1.NC(=O)N(CC(=O)O)CC(=O)O. The summed E-state index contributed by atoms with van der Waals surface area (Å²) >= 11 is 0. The lowest BCUT2D eigenvalue weighted by Gasteiger charge is -2.14. The Kier molecular flexibility index (Phi) is 6.66. The maximum atomic E-state index is 10.4. The van der Waals surface area contributed by atoms with Gasteiger partial charge in [0.05, 0.1) is 0 Å². The van der Waals surface area contributed by atoms with E-state index in [9.17, 15) is 14.4 Å². The number of hydrogen-bond donors (Lipinski definition) is 3. The standard InChI is InChI=1S/C5H8N2O5.C4H8/c6-5(12)7(1-3(8)9)2-4(10)11;1-2-4-3-1/h1-2H2,(H2,6,12)(H,8,9)(H,10,11);1-4H2. The largest absolute Gasteiger partial charge is 0.480 e. The van der Waals surface area contributed by atoms with Crippen LogP contribution in [-0.4, -0.2) is 46.2 Å². The minimum atomic E-state index is -1.31. The van der Waals surface area contributed by atoms with E-state index in [4.69, 9.17) is 15.9 Å². The number of carbonyl (C=O) groups is 3. The lowest BCUT2D eigenvalue weighted by Crippen LogP contribution is -2.42. The molecule has 0 aromatic heterocycles. The zero-order chi connectivity index (χ0) is 12.6. The van der Waals surface area contributed by atoms with Crippen LogP contribution in [-0.2, 0) is 9.59 Å². The molecular weight excluding hydrogens is 216 g/mol. The van der Waals surface area contributed by atoms with Gasteiger partial charge in [-0.05, 0) is 0 Å². The Balaban J connectivity index is 0.000000462. The van der Waals surface area contributed by atoms with E-state index >= 15 is 0 Å². The summed E-state index contributed by atoms with van der Waals surface area (Å²) < 4.78 is 0. The molecule has 0 spiro atoms. The number of aliphatic carboxylic acids is 2. The second-order valence-corrected chi connectivity index (χ2v) is 3.40. The van der Waals surface area contributed by atoms with Crippen molar-refractivity contribution in [3.05, 3.63) is 0 Å². The second kappa shape index (κ2) is 7.49. The summed E-state index contributed by atoms with van der Waals surface area (Å²) in [5, 5.41) is 16.4. The van der Waals surface area contributed by atoms with Crippen LogP contribution in [0.1, 0.15) is 25.7 Å². The summed E-state index contributed by atoms with van der Waals surface area (Å²) in [6.07, 6.45) is 6.00. The maximum absolute atomic E-state index is 10.4. The molecule has 0 saturated heterocycles. The zero-order valence-corrected chi connectivity index (χ0v) is 8.89. The highest BCUT2D eigenvalue weighted by molar-refractivity contribution is 5.83. The number of hydrogen-bond acceptors (Lipinski definition) is 3. The van der Waals surface area contributed by atoms with Crippen LogP contribution < -0.4 is 5.73 Å². The molecule has 0 radical (unpaired) electrons. The monoisotopic (exact) mass is 232 g/mol. The Morgan fingerprint density at radius 3 is 1.38 bits per heavy atom. The summed E-state index contributed by atoms with van der Waals surface area (Å²) in [5.74, 6) is -2.62. The van der Waals surface area contributed by atoms with Gasteiger partial charge in [0.1, 0.15) is 13.1 Å². The lowest BCUT2D eigenvalue weighted by molar-refractivity contribution is -0.140. The van der Waals surface area contributed by atoms with E-state index in [0.29, 0.717) is 4.90 Å². The van der Waals surface area contributed by atoms with Crippen molar-refractivity contribution in [3.63, 3.8) is 0 Å². The van der Waals surface area contributed by atoms with Crippen LogP contribution in [0, 0.1) is 0 Å². The normalized spacial score (nSPS) is 12.8. The van der Waals surface area contributed by atoms with Crippen molar-refractivity contribution in [2.24, 2.45) is 5.73 Å². The number of carbonyl (C=O) groups excluding carboxylic acids is 1. The van der Waals surface area contributed by atoms with Crippen LogP contribution in [0.2, 0.25) is 0 Å². The quantitative estimate of drug-likeness (QED) is 0.634. The molecule has 1 aliphatic rings. The van der Waals surface area contributed by atoms with Gasteiger partial charge in [-0.15, -0.1) is 0 Å². The number of rotatable bonds is 4. The third-order valence-electron chi connectivity index (χ3n) is 1.96. The fourth-order valence-electron chi connectivity index (χ4n) is 0.788. The Bertz CT molecular complexity index is 243. The molecule has 7 heteroatoms. The van der Waals surface area contributed by atoms with E-state index < -0.39 is 31.1 Å². The van der Waals surface area contributed by atoms with Crippen molar-refractivity contribution in [1.29, 1.82) is 0 Å². The molecule has 1 fully saturated rings. The van der Waals surface area contributed by atoms with Gasteiger partial charge in [-0.1, -0.05) is 25.7 Å². The molecule has 7 nitrogen and oxygen atoms in total. The Morgan fingerprint density at radius 2 is 1.25 bits per heavy atom. The van der Waals surface area contributed by atoms with Crippen molar-refractivity contribution in [2.45, 2.75) is 25.7 Å². The Morgan fingerprint density at radius 1 is 0.938 bits per heavy atom. The molecule has 0 aliphatic heterocycles. The highest BCUT2D eigenvalue weighted by Crippen LogP contribution is 2.15. The second-order valence-electron chi connectivity index (χ2n) is 3.40. The van der Waals surface area contributed by atoms with E-state index in [0.717, 1.165) is 0 Å². The number of carboxylic acids is 2. The lowest BCUT2D eigenvalue weighted by atomic mass is 10.0. The smallest absolute Gasteiger partial charge is 0.323 e. The van der Waals surface area contributed by atoms with Crippen LogP contribution in [0.3, 0.4) is 0 Å². The first kappa shape index (κ1) is 14.2. The molecule has 0 atom stereocenters. The third kappa shape index (κ3) is 7.60. The van der Waals surface area contributed by atoms with Gasteiger partial charge < -0.3 is 20.8 Å². The molecule has 4 N–H and O–H groups in total. The topological polar surface area (TPSA) is 121 Å². The summed E-state index contributed by atoms with van der Waals surface area (Å²) in [6, 6.07) is -1.07. The zero-order valence-electron chi connectivity index (χ0n) is 8.89. The number of amides is 2. The molecule has 16 heavy (non-hydrogen) atoms. The first-order valence-electron chi connectivity index (χ1n) is 4.91. The van der Waals surface area contributed by atoms with Gasteiger partial charge >= 0.3 is 18.0 Å². The molecule has 92 valence electrons. The van der Waals surface area contributed by atoms with E-state index in [1.807, 2.05) is 0 Å². The molecule has 0 aromatic rings. The molecule has 0 heterocycles. The Hall–Kier alpha value is -1.79. The fraction of sp³-hybridized carbons (Fsp3) is 0.667. The number of primary amides is 1. The number of nitrogens with two attached hydrogens (primary N) is 1. The average molecular weight is 232 g/mol. The van der Waals surface area contributed by atoms with E-state index in [1.165, 1.54) is 25.7 Å². The molecular formula is C9H16N2O5. The van der Waals surface area contributed by atoms with E-state index in [1.54, 1.807) is 0 Å². The van der Waals surface area contributed by atoms with Crippen molar-refractivity contribution in [3.8, 4) is 0 Å². The van der Waals surface area contributed by atoms with Crippen LogP contribution in [0.25, 0.3) is 0 Å². The summed E-state index contributed by atoms with van der Waals surface area (Å²) in [5.41, 5.74) is 4.69. The predicted molar refractivity (Wildman–Crippen MR) is 54.9 cm³/mol. The van der Waals surface area contributed by atoms with Crippen LogP contribution >= 0.6 is 0 Å². The van der Waals surface area contributed by atoms with Gasteiger partial charge in [0.25, 0.3) is 0 Å². The van der Waals surface area contributed by atoms with Crippen molar-refractivity contribution in [2.75, 3.05) is 13.1 Å². The molecule has 0 unspecified atom stereocenters. The highest BCUT2D eigenvalue weighted by atomic mass is 16.4. The number of nitrogens with zero attached hydrogens (tertiary/aromatic N) is 1. The van der Waals surface area contributed by atoms with Crippen molar-refractivity contribution < 1.29 is 24.6 Å². The van der Waals surface area contributed by atoms with Gasteiger partial charge in [-0.3, -0.25) is 9.59 Å². The van der Waals surface area contributed by atoms with E-state index in [2.05, 4.69) is 0 Å². The van der Waals surface area contributed by atoms with Gasteiger partial charge in [-0.2, -0.15) is 0 Å². The number of urea groups is 1. The van der Waals surface area contributed by atoms with Crippen LogP contribution in [0.4, 0.5) is 4.79 Å².